The zero-order chi connectivity index (χ0) is 18.9. The zero-order valence-electron chi connectivity index (χ0n) is 15.1. The van der Waals surface area contributed by atoms with Crippen molar-refractivity contribution >= 4 is 34.3 Å². The van der Waals surface area contributed by atoms with E-state index >= 15 is 0 Å². The number of nitrogens with zero attached hydrogens (tertiary/aromatic N) is 1. The van der Waals surface area contributed by atoms with Crippen LogP contribution in [0.3, 0.4) is 0 Å². The highest BCUT2D eigenvalue weighted by Gasteiger charge is 2.14. The van der Waals surface area contributed by atoms with Crippen LogP contribution in [0.1, 0.15) is 32.1 Å². The van der Waals surface area contributed by atoms with Crippen molar-refractivity contribution in [2.45, 2.75) is 37.0 Å². The third-order valence-corrected chi connectivity index (χ3v) is 6.45. The maximum Gasteiger partial charge on any atom is 0.125 e. The highest BCUT2D eigenvalue weighted by molar-refractivity contribution is 8.14. The largest absolute Gasteiger partial charge is 0.242 e. The summed E-state index contributed by atoms with van der Waals surface area (Å²) in [5.41, 5.74) is 0.623. The van der Waals surface area contributed by atoms with Crippen molar-refractivity contribution in [3.8, 4) is 0 Å². The molecule has 0 aromatic heterocycles. The number of halogens is 2. The number of hydrogen-bond donors (Lipinski definition) is 0. The normalized spacial score (nSPS) is 16.1. The Morgan fingerprint density at radius 2 is 1.78 bits per heavy atom. The first-order valence-corrected chi connectivity index (χ1v) is 11.1. The summed E-state index contributed by atoms with van der Waals surface area (Å²) in [7, 11) is 0. The number of rotatable bonds is 6. The van der Waals surface area contributed by atoms with Crippen molar-refractivity contribution in [1.82, 2.24) is 0 Å². The van der Waals surface area contributed by atoms with Crippen molar-refractivity contribution in [3.05, 3.63) is 71.6 Å². The minimum absolute atomic E-state index is 0.236. The Morgan fingerprint density at radius 1 is 1.00 bits per heavy atom. The van der Waals surface area contributed by atoms with Gasteiger partial charge in [-0.25, -0.2) is 13.8 Å². The minimum atomic E-state index is -0.280. The van der Waals surface area contributed by atoms with Gasteiger partial charge in [0.2, 0.25) is 0 Å². The average molecular weight is 404 g/mol. The lowest BCUT2D eigenvalue weighted by molar-refractivity contribution is 0.391. The lowest BCUT2D eigenvalue weighted by Crippen LogP contribution is -2.09. The Balaban J connectivity index is 1.67. The Hall–Kier alpha value is -1.59. The van der Waals surface area contributed by atoms with Crippen LogP contribution in [0.4, 0.5) is 14.5 Å². The van der Waals surface area contributed by atoms with Crippen LogP contribution in [0.15, 0.2) is 69.9 Å². The summed E-state index contributed by atoms with van der Waals surface area (Å²) in [6.45, 7) is 0. The van der Waals surface area contributed by atoms with Gasteiger partial charge < -0.3 is 0 Å². The number of hydrogen-bond acceptors (Lipinski definition) is 3. The van der Waals surface area contributed by atoms with E-state index in [2.05, 4.69) is 4.99 Å². The highest BCUT2D eigenvalue weighted by atomic mass is 32.2. The third kappa shape index (κ3) is 7.15. The molecule has 0 N–H and O–H groups in total. The van der Waals surface area contributed by atoms with E-state index < -0.39 is 0 Å². The van der Waals surface area contributed by atoms with Gasteiger partial charge >= 0.3 is 0 Å². The van der Waals surface area contributed by atoms with Gasteiger partial charge in [0.1, 0.15) is 11.6 Å². The van der Waals surface area contributed by atoms with Gasteiger partial charge in [0.05, 0.1) is 10.7 Å². The lowest BCUT2D eigenvalue weighted by atomic mass is 9.91. The van der Waals surface area contributed by atoms with E-state index in [1.54, 1.807) is 30.0 Å². The second-order valence-corrected chi connectivity index (χ2v) is 8.64. The first-order chi connectivity index (χ1) is 13.2. The fourth-order valence-electron chi connectivity index (χ4n) is 3.03. The van der Waals surface area contributed by atoms with Gasteiger partial charge in [0, 0.05) is 10.6 Å². The minimum Gasteiger partial charge on any atom is -0.242 e. The van der Waals surface area contributed by atoms with Crippen LogP contribution in [0, 0.1) is 17.6 Å². The standard InChI is InChI=1S/C22H23F2NS2/c23-18-9-11-21(12-10-18)26-14-13-22(25-20-8-4-7-19(24)15-20)27-16-17-5-2-1-3-6-17/h4,7-15,17H,1-3,5-6,16H2/b14-13+,25-22?. The summed E-state index contributed by atoms with van der Waals surface area (Å²) in [5, 5.41) is 2.83. The van der Waals surface area contributed by atoms with Crippen molar-refractivity contribution in [1.29, 1.82) is 0 Å². The van der Waals surface area contributed by atoms with Gasteiger partial charge in [0.25, 0.3) is 0 Å². The van der Waals surface area contributed by atoms with Crippen LogP contribution < -0.4 is 0 Å². The molecule has 2 aromatic rings. The van der Waals surface area contributed by atoms with Gasteiger partial charge in [-0.15, -0.1) is 11.8 Å². The molecule has 0 amide bonds. The molecular weight excluding hydrogens is 380 g/mol. The summed E-state index contributed by atoms with van der Waals surface area (Å²) in [6.07, 6.45) is 8.52. The van der Waals surface area contributed by atoms with Crippen molar-refractivity contribution < 1.29 is 8.78 Å². The molecular formula is C22H23F2NS2. The fourth-order valence-corrected chi connectivity index (χ4v) is 4.84. The molecule has 1 aliphatic carbocycles. The van der Waals surface area contributed by atoms with Gasteiger partial charge in [-0.1, -0.05) is 37.1 Å². The van der Waals surface area contributed by atoms with Gasteiger partial charge in [0.15, 0.2) is 0 Å². The SMILES string of the molecule is Fc1ccc(S/C=C/C(=Nc2cccc(F)c2)SCC2CCCCC2)cc1. The van der Waals surface area contributed by atoms with Crippen LogP contribution >= 0.6 is 23.5 Å². The summed E-state index contributed by atoms with van der Waals surface area (Å²) in [4.78, 5) is 5.60. The molecule has 0 radical (unpaired) electrons. The molecule has 27 heavy (non-hydrogen) atoms. The Bertz CT molecular complexity index is 781. The first kappa shape index (κ1) is 20.2. The number of aliphatic imine (C=N–C) groups is 1. The smallest absolute Gasteiger partial charge is 0.125 e. The van der Waals surface area contributed by atoms with Crippen LogP contribution in [0.25, 0.3) is 0 Å². The van der Waals surface area contributed by atoms with Crippen LogP contribution in [0.5, 0.6) is 0 Å². The van der Waals surface area contributed by atoms with Crippen molar-refractivity contribution in [3.63, 3.8) is 0 Å². The van der Waals surface area contributed by atoms with E-state index in [-0.39, 0.29) is 11.6 Å². The summed E-state index contributed by atoms with van der Waals surface area (Å²) in [5.74, 6) is 1.26. The predicted molar refractivity (Wildman–Crippen MR) is 114 cm³/mol. The molecule has 0 bridgehead atoms. The van der Waals surface area contributed by atoms with E-state index in [1.807, 2.05) is 17.6 Å². The van der Waals surface area contributed by atoms with Gasteiger partial charge in [-0.2, -0.15) is 0 Å². The first-order valence-electron chi connectivity index (χ1n) is 9.25. The van der Waals surface area contributed by atoms with Crippen LogP contribution in [0.2, 0.25) is 0 Å². The Kier molecular flexibility index (Phi) is 7.96. The second kappa shape index (κ2) is 10.7. The molecule has 0 aliphatic heterocycles. The maximum absolute atomic E-state index is 13.5. The maximum atomic E-state index is 13.5. The zero-order valence-corrected chi connectivity index (χ0v) is 16.7. The van der Waals surface area contributed by atoms with E-state index in [1.165, 1.54) is 68.1 Å². The number of benzene rings is 2. The molecule has 1 fully saturated rings. The summed E-state index contributed by atoms with van der Waals surface area (Å²) in [6, 6.07) is 12.8. The molecule has 0 unspecified atom stereocenters. The van der Waals surface area contributed by atoms with E-state index in [0.29, 0.717) is 5.69 Å². The molecule has 1 saturated carbocycles. The average Bonchev–Trinajstić information content (AvgIpc) is 2.68. The molecule has 5 heteroatoms. The quantitative estimate of drug-likeness (QED) is 0.279. The van der Waals surface area contributed by atoms with Crippen LogP contribution in [-0.4, -0.2) is 10.8 Å². The van der Waals surface area contributed by atoms with Gasteiger partial charge in [-0.3, -0.25) is 0 Å². The van der Waals surface area contributed by atoms with Crippen molar-refractivity contribution in [2.75, 3.05) is 5.75 Å². The Morgan fingerprint density at radius 3 is 2.52 bits per heavy atom. The fraction of sp³-hybridized carbons (Fsp3) is 0.318. The molecule has 1 nitrogen and oxygen atoms in total. The molecule has 1 aliphatic rings. The predicted octanol–water partition coefficient (Wildman–Crippen LogP) is 7.61. The van der Waals surface area contributed by atoms with E-state index in [0.717, 1.165) is 21.6 Å². The molecule has 2 aromatic carbocycles. The molecule has 0 heterocycles. The van der Waals surface area contributed by atoms with Gasteiger partial charge in [-0.05, 0) is 72.7 Å². The Labute approximate surface area is 168 Å². The highest BCUT2D eigenvalue weighted by Crippen LogP contribution is 2.29. The topological polar surface area (TPSA) is 12.4 Å². The lowest BCUT2D eigenvalue weighted by Gasteiger charge is -2.20. The van der Waals surface area contributed by atoms with E-state index in [4.69, 9.17) is 0 Å². The molecule has 0 atom stereocenters. The third-order valence-electron chi connectivity index (χ3n) is 4.47. The summed E-state index contributed by atoms with van der Waals surface area (Å²) >= 11 is 3.25. The molecule has 0 saturated heterocycles. The molecule has 3 rings (SSSR count). The second-order valence-electron chi connectivity index (χ2n) is 6.62. The monoisotopic (exact) mass is 403 g/mol. The molecule has 0 spiro atoms. The van der Waals surface area contributed by atoms with E-state index in [9.17, 15) is 8.78 Å². The number of thioether (sulfide) groups is 2. The van der Waals surface area contributed by atoms with Crippen LogP contribution in [-0.2, 0) is 0 Å². The molecule has 142 valence electrons. The summed E-state index contributed by atoms with van der Waals surface area (Å²) < 4.78 is 26.5. The van der Waals surface area contributed by atoms with Crippen molar-refractivity contribution in [2.24, 2.45) is 10.9 Å².